The molecule has 3 heterocycles. The van der Waals surface area contributed by atoms with Crippen molar-refractivity contribution < 1.29 is 0 Å². The van der Waals surface area contributed by atoms with E-state index < -0.39 is 0 Å². The van der Waals surface area contributed by atoms with Gasteiger partial charge in [0.15, 0.2) is 0 Å². The Kier molecular flexibility index (Phi) is 1.82. The van der Waals surface area contributed by atoms with Crippen molar-refractivity contribution in [1.82, 2.24) is 29.5 Å². The van der Waals surface area contributed by atoms with Crippen molar-refractivity contribution in [2.75, 3.05) is 0 Å². The lowest BCUT2D eigenvalue weighted by Gasteiger charge is -1.93. The van der Waals surface area contributed by atoms with Gasteiger partial charge in [0.05, 0.1) is 0 Å². The molecule has 3 rings (SSSR count). The fourth-order valence-electron chi connectivity index (χ4n) is 1.21. The molecule has 7 heteroatoms. The molecule has 0 amide bonds. The first-order valence-corrected chi connectivity index (χ1v) is 5.05. The van der Waals surface area contributed by atoms with Crippen molar-refractivity contribution in [3.05, 3.63) is 37.4 Å². The third kappa shape index (κ3) is 1.42. The van der Waals surface area contributed by atoms with Gasteiger partial charge in [-0.05, 0) is 12.1 Å². The number of thiophene rings is 1. The van der Waals surface area contributed by atoms with Crippen LogP contribution < -0.4 is 0 Å². The molecule has 74 valence electrons. The van der Waals surface area contributed by atoms with Gasteiger partial charge in [-0.2, -0.15) is 10.2 Å². The van der Waals surface area contributed by atoms with E-state index >= 15 is 0 Å². The highest BCUT2D eigenvalue weighted by Crippen LogP contribution is 2.22. The number of nitrogens with zero attached hydrogens (tertiary/aromatic N) is 6. The first kappa shape index (κ1) is 8.30. The molecule has 15 heavy (non-hydrogen) atoms. The van der Waals surface area contributed by atoms with Crippen LogP contribution in [0.5, 0.6) is 0 Å². The van der Waals surface area contributed by atoms with Gasteiger partial charge in [-0.3, -0.25) is 0 Å². The van der Waals surface area contributed by atoms with Crippen molar-refractivity contribution in [1.29, 1.82) is 0 Å². The van der Waals surface area contributed by atoms with Crippen LogP contribution in [-0.4, -0.2) is 29.5 Å². The number of rotatable bonds is 2. The van der Waals surface area contributed by atoms with Crippen LogP contribution in [0.4, 0.5) is 0 Å². The summed E-state index contributed by atoms with van der Waals surface area (Å²) < 4.78 is 3.43. The van der Waals surface area contributed by atoms with Crippen LogP contribution in [0, 0.1) is 0 Å². The molecule has 0 aliphatic rings. The van der Waals surface area contributed by atoms with Crippen molar-refractivity contribution in [2.24, 2.45) is 0 Å². The molecule has 3 aromatic rings. The maximum atomic E-state index is 4.05. The normalized spacial score (nSPS) is 10.7. The topological polar surface area (TPSA) is 61.4 Å². The quantitative estimate of drug-likeness (QED) is 0.641. The summed E-state index contributed by atoms with van der Waals surface area (Å²) in [6, 6.07) is 3.94. The summed E-state index contributed by atoms with van der Waals surface area (Å²) in [7, 11) is 0. The Morgan fingerprint density at radius 2 is 1.40 bits per heavy atom. The number of aromatic nitrogens is 6. The minimum absolute atomic E-state index is 0.998. The van der Waals surface area contributed by atoms with Crippen LogP contribution in [0.25, 0.3) is 10.0 Å². The monoisotopic (exact) mass is 218 g/mol. The summed E-state index contributed by atoms with van der Waals surface area (Å²) in [5.41, 5.74) is 0. The lowest BCUT2D eigenvalue weighted by Crippen LogP contribution is -1.90. The summed E-state index contributed by atoms with van der Waals surface area (Å²) >= 11 is 1.57. The average molecular weight is 218 g/mol. The molecule has 0 radical (unpaired) electrons. The van der Waals surface area contributed by atoms with Crippen molar-refractivity contribution in [3.63, 3.8) is 0 Å². The second-order valence-electron chi connectivity index (χ2n) is 2.79. The second-order valence-corrected chi connectivity index (χ2v) is 3.83. The maximum absolute atomic E-state index is 4.05. The Morgan fingerprint density at radius 3 is 1.80 bits per heavy atom. The summed E-state index contributed by atoms with van der Waals surface area (Å²) in [6.45, 7) is 0. The molecule has 6 nitrogen and oxygen atoms in total. The molecule has 0 aliphatic carbocycles. The fourth-order valence-corrected chi connectivity index (χ4v) is 2.07. The molecule has 0 saturated heterocycles. The first-order valence-electron chi connectivity index (χ1n) is 4.23. The predicted molar refractivity (Wildman–Crippen MR) is 54.2 cm³/mol. The van der Waals surface area contributed by atoms with Gasteiger partial charge in [-0.1, -0.05) is 11.3 Å². The molecule has 0 bridgehead atoms. The zero-order valence-corrected chi connectivity index (χ0v) is 8.37. The van der Waals surface area contributed by atoms with E-state index in [1.165, 1.54) is 12.7 Å². The van der Waals surface area contributed by atoms with E-state index in [-0.39, 0.29) is 0 Å². The standard InChI is InChI=1S/C8H6N6S/c1-2-8(14-6-10-4-12-14)15-7(1)13-5-9-3-11-13/h1-6H. The molecule has 0 unspecified atom stereocenters. The zero-order valence-electron chi connectivity index (χ0n) is 7.56. The Labute approximate surface area is 88.8 Å². The molecular weight excluding hydrogens is 212 g/mol. The predicted octanol–water partition coefficient (Wildman–Crippen LogP) is 0.909. The third-order valence-electron chi connectivity index (χ3n) is 1.87. The van der Waals surface area contributed by atoms with Gasteiger partial charge in [-0.25, -0.2) is 19.3 Å². The van der Waals surface area contributed by atoms with Gasteiger partial charge in [0.25, 0.3) is 0 Å². The fraction of sp³-hybridized carbons (Fsp3) is 0. The Hall–Kier alpha value is -2.02. The first-order chi connectivity index (χ1) is 7.43. The second kappa shape index (κ2) is 3.28. The minimum atomic E-state index is 0.998. The molecule has 0 aliphatic heterocycles. The average Bonchev–Trinajstić information content (AvgIpc) is 3.02. The Balaban J connectivity index is 2.02. The molecule has 0 aromatic carbocycles. The van der Waals surface area contributed by atoms with E-state index in [9.17, 15) is 0 Å². The van der Waals surface area contributed by atoms with Crippen LogP contribution >= 0.6 is 11.3 Å². The summed E-state index contributed by atoms with van der Waals surface area (Å²) in [4.78, 5) is 7.79. The zero-order chi connectivity index (χ0) is 10.1. The van der Waals surface area contributed by atoms with Crippen LogP contribution in [0.3, 0.4) is 0 Å². The lowest BCUT2D eigenvalue weighted by atomic mass is 10.6. The molecular formula is C8H6N6S. The Bertz CT molecular complexity index is 489. The van der Waals surface area contributed by atoms with E-state index in [2.05, 4.69) is 20.2 Å². The molecule has 3 aromatic heterocycles. The molecule has 0 fully saturated rings. The van der Waals surface area contributed by atoms with Gasteiger partial charge < -0.3 is 0 Å². The number of hydrogen-bond donors (Lipinski definition) is 0. The van der Waals surface area contributed by atoms with Gasteiger partial charge in [0.1, 0.15) is 35.3 Å². The molecule has 0 N–H and O–H groups in total. The number of hydrogen-bond acceptors (Lipinski definition) is 5. The van der Waals surface area contributed by atoms with Crippen molar-refractivity contribution >= 4 is 11.3 Å². The highest BCUT2D eigenvalue weighted by Gasteiger charge is 2.04. The molecule has 0 saturated carbocycles. The van der Waals surface area contributed by atoms with Crippen LogP contribution in [-0.2, 0) is 0 Å². The Morgan fingerprint density at radius 1 is 0.867 bits per heavy atom. The van der Waals surface area contributed by atoms with Crippen molar-refractivity contribution in [2.45, 2.75) is 0 Å². The SMILES string of the molecule is c1ncn(-c2ccc(-n3cncn3)s2)n1. The highest BCUT2D eigenvalue weighted by atomic mass is 32.1. The molecule has 0 spiro atoms. The summed E-state index contributed by atoms with van der Waals surface area (Å²) in [6.07, 6.45) is 6.34. The van der Waals surface area contributed by atoms with Crippen molar-refractivity contribution in [3.8, 4) is 10.0 Å². The van der Waals surface area contributed by atoms with Gasteiger partial charge in [0, 0.05) is 0 Å². The van der Waals surface area contributed by atoms with E-state index in [4.69, 9.17) is 0 Å². The lowest BCUT2D eigenvalue weighted by molar-refractivity contribution is 0.895. The largest absolute Gasteiger partial charge is 0.223 e. The van der Waals surface area contributed by atoms with E-state index in [0.717, 1.165) is 10.0 Å². The minimum Gasteiger partial charge on any atom is -0.223 e. The van der Waals surface area contributed by atoms with E-state index in [1.807, 2.05) is 12.1 Å². The van der Waals surface area contributed by atoms with Crippen LogP contribution in [0.2, 0.25) is 0 Å². The smallest absolute Gasteiger partial charge is 0.138 e. The summed E-state index contributed by atoms with van der Waals surface area (Å²) in [5, 5.41) is 10.1. The maximum Gasteiger partial charge on any atom is 0.138 e. The van der Waals surface area contributed by atoms with E-state index in [0.29, 0.717) is 0 Å². The van der Waals surface area contributed by atoms with Gasteiger partial charge in [-0.15, -0.1) is 0 Å². The van der Waals surface area contributed by atoms with Crippen LogP contribution in [0.15, 0.2) is 37.4 Å². The highest BCUT2D eigenvalue weighted by molar-refractivity contribution is 7.16. The third-order valence-corrected chi connectivity index (χ3v) is 2.93. The van der Waals surface area contributed by atoms with Gasteiger partial charge >= 0.3 is 0 Å². The molecule has 0 atom stereocenters. The van der Waals surface area contributed by atoms with Gasteiger partial charge in [0.2, 0.25) is 0 Å². The summed E-state index contributed by atoms with van der Waals surface area (Å²) in [5.74, 6) is 0. The van der Waals surface area contributed by atoms with E-state index in [1.54, 1.807) is 33.4 Å². The van der Waals surface area contributed by atoms with Crippen LogP contribution in [0.1, 0.15) is 0 Å².